The van der Waals surface area contributed by atoms with Crippen LogP contribution in [0, 0.1) is 0 Å². The first-order chi connectivity index (χ1) is 17.4. The second-order valence-electron chi connectivity index (χ2n) is 8.30. The van der Waals surface area contributed by atoms with Gasteiger partial charge in [-0.15, -0.1) is 0 Å². The van der Waals surface area contributed by atoms with E-state index in [0.29, 0.717) is 44.5 Å². The van der Waals surface area contributed by atoms with Crippen molar-refractivity contribution in [2.75, 3.05) is 23.8 Å². The number of hydrogen-bond acceptors (Lipinski definition) is 5. The van der Waals surface area contributed by atoms with E-state index in [2.05, 4.69) is 26.6 Å². The maximum atomic E-state index is 12.7. The Hall–Kier alpha value is -3.07. The van der Waals surface area contributed by atoms with Crippen molar-refractivity contribution in [1.82, 2.24) is 0 Å². The molecule has 4 rings (SSSR count). The molecule has 0 spiro atoms. The lowest BCUT2D eigenvalue weighted by Crippen LogP contribution is -2.30. The number of anilines is 2. The summed E-state index contributed by atoms with van der Waals surface area (Å²) < 4.78 is 17.7. The van der Waals surface area contributed by atoms with Gasteiger partial charge >= 0.3 is 0 Å². The lowest BCUT2D eigenvalue weighted by molar-refractivity contribution is -0.122. The van der Waals surface area contributed by atoms with Crippen molar-refractivity contribution in [3.05, 3.63) is 81.8 Å². The van der Waals surface area contributed by atoms with Gasteiger partial charge in [-0.2, -0.15) is 0 Å². The van der Waals surface area contributed by atoms with Crippen LogP contribution in [-0.2, 0) is 9.53 Å². The van der Waals surface area contributed by atoms with Gasteiger partial charge in [-0.3, -0.25) is 9.59 Å². The summed E-state index contributed by atoms with van der Waals surface area (Å²) in [4.78, 5) is 25.2. The van der Waals surface area contributed by atoms with Crippen LogP contribution in [0.25, 0.3) is 0 Å². The minimum Gasteiger partial charge on any atom is -0.490 e. The predicted molar refractivity (Wildman–Crippen MR) is 143 cm³/mol. The van der Waals surface area contributed by atoms with Gasteiger partial charge in [0.25, 0.3) is 11.8 Å². The first-order valence-corrected chi connectivity index (χ1v) is 12.7. The number of halogens is 2. The Bertz CT molecular complexity index is 1220. The Kier molecular flexibility index (Phi) is 8.85. The SMILES string of the molecule is CC(Oc1ccccc1Cl)C(=O)Nc1ccc(NC(=O)c2ccc(OCC3CCCO3)c(Br)c2)cc1. The Labute approximate surface area is 223 Å². The minimum absolute atomic E-state index is 0.116. The fraction of sp³-hybridized carbons (Fsp3) is 0.259. The van der Waals surface area contributed by atoms with Crippen LogP contribution < -0.4 is 20.1 Å². The summed E-state index contributed by atoms with van der Waals surface area (Å²) in [6, 6.07) is 19.0. The third kappa shape index (κ3) is 7.00. The van der Waals surface area contributed by atoms with Crippen LogP contribution in [0.15, 0.2) is 71.2 Å². The van der Waals surface area contributed by atoms with Crippen molar-refractivity contribution in [1.29, 1.82) is 0 Å². The summed E-state index contributed by atoms with van der Waals surface area (Å²) in [6.07, 6.45) is 1.42. The molecule has 3 aromatic carbocycles. The topological polar surface area (TPSA) is 85.9 Å². The van der Waals surface area contributed by atoms with Gasteiger partial charge in [-0.25, -0.2) is 0 Å². The van der Waals surface area contributed by atoms with Gasteiger partial charge in [0, 0.05) is 23.5 Å². The van der Waals surface area contributed by atoms with E-state index in [0.717, 1.165) is 19.4 Å². The molecule has 1 aliphatic rings. The standard InChI is InChI=1S/C27H26BrClN2O5/c1-17(36-25-7-3-2-6-23(25)29)26(32)30-19-9-11-20(12-10-19)31-27(33)18-8-13-24(22(28)15-18)35-16-21-5-4-14-34-21/h2-3,6-13,15,17,21H,4-5,14,16H2,1H3,(H,30,32)(H,31,33). The van der Waals surface area contributed by atoms with Crippen molar-refractivity contribution in [3.63, 3.8) is 0 Å². The van der Waals surface area contributed by atoms with Crippen molar-refractivity contribution in [2.45, 2.75) is 32.0 Å². The van der Waals surface area contributed by atoms with E-state index in [1.165, 1.54) is 0 Å². The van der Waals surface area contributed by atoms with Crippen molar-refractivity contribution >= 4 is 50.7 Å². The summed E-state index contributed by atoms with van der Waals surface area (Å²) in [5.41, 5.74) is 1.64. The van der Waals surface area contributed by atoms with Crippen LogP contribution in [-0.4, -0.2) is 37.2 Å². The van der Waals surface area contributed by atoms with E-state index in [4.69, 9.17) is 25.8 Å². The van der Waals surface area contributed by atoms with Crippen LogP contribution in [0.5, 0.6) is 11.5 Å². The molecular formula is C27H26BrClN2O5. The van der Waals surface area contributed by atoms with E-state index >= 15 is 0 Å². The monoisotopic (exact) mass is 572 g/mol. The molecular weight excluding hydrogens is 548 g/mol. The largest absolute Gasteiger partial charge is 0.490 e. The maximum Gasteiger partial charge on any atom is 0.265 e. The van der Waals surface area contributed by atoms with Crippen molar-refractivity contribution in [2.24, 2.45) is 0 Å². The average Bonchev–Trinajstić information content (AvgIpc) is 3.39. The minimum atomic E-state index is -0.750. The summed E-state index contributed by atoms with van der Waals surface area (Å²) in [5.74, 6) is 0.516. The molecule has 2 amide bonds. The Morgan fingerprint density at radius 3 is 2.44 bits per heavy atom. The van der Waals surface area contributed by atoms with Gasteiger partial charge in [0.15, 0.2) is 6.10 Å². The fourth-order valence-corrected chi connectivity index (χ4v) is 4.26. The van der Waals surface area contributed by atoms with Gasteiger partial charge in [-0.05, 0) is 90.3 Å². The first kappa shape index (κ1) is 26.0. The molecule has 3 aromatic rings. The van der Waals surface area contributed by atoms with Gasteiger partial charge in [0.05, 0.1) is 15.6 Å². The Balaban J connectivity index is 1.29. The summed E-state index contributed by atoms with van der Waals surface area (Å²) in [6.45, 7) is 2.90. The van der Waals surface area contributed by atoms with E-state index in [9.17, 15) is 9.59 Å². The number of rotatable bonds is 9. The second kappa shape index (κ2) is 12.3. The molecule has 1 aliphatic heterocycles. The molecule has 0 radical (unpaired) electrons. The highest BCUT2D eigenvalue weighted by Gasteiger charge is 2.18. The predicted octanol–water partition coefficient (Wildman–Crippen LogP) is 6.32. The molecule has 0 aliphatic carbocycles. The van der Waals surface area contributed by atoms with Crippen LogP contribution in [0.3, 0.4) is 0 Å². The number of benzene rings is 3. The van der Waals surface area contributed by atoms with Crippen molar-refractivity contribution in [3.8, 4) is 11.5 Å². The molecule has 1 heterocycles. The van der Waals surface area contributed by atoms with Gasteiger partial charge in [0.2, 0.25) is 0 Å². The van der Waals surface area contributed by atoms with Crippen LogP contribution in [0.1, 0.15) is 30.1 Å². The molecule has 188 valence electrons. The summed E-state index contributed by atoms with van der Waals surface area (Å²) >= 11 is 9.56. The molecule has 2 atom stereocenters. The highest BCUT2D eigenvalue weighted by molar-refractivity contribution is 9.10. The lowest BCUT2D eigenvalue weighted by Gasteiger charge is -2.16. The highest BCUT2D eigenvalue weighted by atomic mass is 79.9. The van der Waals surface area contributed by atoms with Gasteiger partial charge < -0.3 is 24.8 Å². The number of ether oxygens (including phenoxy) is 3. The third-order valence-corrected chi connectivity index (χ3v) is 6.49. The molecule has 0 saturated carbocycles. The van der Waals surface area contributed by atoms with Crippen LogP contribution in [0.2, 0.25) is 5.02 Å². The normalized spacial score (nSPS) is 15.7. The Morgan fingerprint density at radius 2 is 1.78 bits per heavy atom. The zero-order valence-corrected chi connectivity index (χ0v) is 22.0. The number of amides is 2. The number of carbonyl (C=O) groups excluding carboxylic acids is 2. The van der Waals surface area contributed by atoms with Gasteiger partial charge in [0.1, 0.15) is 18.1 Å². The van der Waals surface area contributed by atoms with Gasteiger partial charge in [-0.1, -0.05) is 23.7 Å². The average molecular weight is 574 g/mol. The number of para-hydroxylation sites is 1. The smallest absolute Gasteiger partial charge is 0.265 e. The third-order valence-electron chi connectivity index (χ3n) is 5.56. The molecule has 9 heteroatoms. The first-order valence-electron chi connectivity index (χ1n) is 11.6. The molecule has 0 aromatic heterocycles. The van der Waals surface area contributed by atoms with Crippen LogP contribution in [0.4, 0.5) is 11.4 Å². The maximum absolute atomic E-state index is 12.7. The van der Waals surface area contributed by atoms with Crippen molar-refractivity contribution < 1.29 is 23.8 Å². The molecule has 2 N–H and O–H groups in total. The van der Waals surface area contributed by atoms with E-state index < -0.39 is 6.10 Å². The number of nitrogens with one attached hydrogen (secondary N) is 2. The lowest BCUT2D eigenvalue weighted by atomic mass is 10.2. The molecule has 0 bridgehead atoms. The zero-order chi connectivity index (χ0) is 25.5. The molecule has 36 heavy (non-hydrogen) atoms. The molecule has 7 nitrogen and oxygen atoms in total. The zero-order valence-electron chi connectivity index (χ0n) is 19.6. The van der Waals surface area contributed by atoms with E-state index in [1.54, 1.807) is 73.7 Å². The summed E-state index contributed by atoms with van der Waals surface area (Å²) in [7, 11) is 0. The Morgan fingerprint density at radius 1 is 1.06 bits per heavy atom. The fourth-order valence-electron chi connectivity index (χ4n) is 3.59. The molecule has 2 unspecified atom stereocenters. The van der Waals surface area contributed by atoms with E-state index in [-0.39, 0.29) is 17.9 Å². The highest BCUT2D eigenvalue weighted by Crippen LogP contribution is 2.28. The molecule has 1 saturated heterocycles. The number of hydrogen-bond donors (Lipinski definition) is 2. The second-order valence-corrected chi connectivity index (χ2v) is 9.56. The van der Waals surface area contributed by atoms with Crippen LogP contribution >= 0.6 is 27.5 Å². The summed E-state index contributed by atoms with van der Waals surface area (Å²) in [5, 5.41) is 6.08. The van der Waals surface area contributed by atoms with E-state index in [1.807, 2.05) is 0 Å². The molecule has 1 fully saturated rings. The quantitative estimate of drug-likeness (QED) is 0.313. The number of carbonyl (C=O) groups is 2.